The number of carbonyl (C=O) groups is 1. The van der Waals surface area contributed by atoms with Gasteiger partial charge in [-0.25, -0.2) is 4.98 Å². The number of hydrogen-bond donors (Lipinski definition) is 2. The molecule has 1 amide bonds. The van der Waals surface area contributed by atoms with Crippen LogP contribution in [0.25, 0.3) is 10.2 Å². The molecule has 0 saturated carbocycles. The number of thiophene rings is 1. The van der Waals surface area contributed by atoms with Gasteiger partial charge in [-0.1, -0.05) is 12.1 Å². The molecule has 3 rings (SSSR count). The van der Waals surface area contributed by atoms with Gasteiger partial charge in [0.1, 0.15) is 21.2 Å². The van der Waals surface area contributed by atoms with Crippen LogP contribution in [0.5, 0.6) is 5.75 Å². The number of alkyl halides is 3. The Bertz CT molecular complexity index is 1010. The number of nitrogens with zero attached hydrogens (tertiary/aromatic N) is 1. The van der Waals surface area contributed by atoms with E-state index in [4.69, 9.17) is 10.5 Å². The molecule has 0 atom stereocenters. The van der Waals surface area contributed by atoms with Gasteiger partial charge in [0.25, 0.3) is 5.91 Å². The number of aryl methyl sites for hydroxylation is 1. The number of fused-ring (bicyclic) bond motifs is 1. The van der Waals surface area contributed by atoms with Gasteiger partial charge >= 0.3 is 6.18 Å². The van der Waals surface area contributed by atoms with Crippen LogP contribution in [0.3, 0.4) is 0 Å². The number of amides is 1. The molecule has 9 heteroatoms. The van der Waals surface area contributed by atoms with Crippen molar-refractivity contribution in [3.05, 3.63) is 46.5 Å². The highest BCUT2D eigenvalue weighted by molar-refractivity contribution is 7.21. The minimum Gasteiger partial charge on any atom is -0.492 e. The SMILES string of the molecule is CCOc1ccccc1NC(=O)c1sc2nc(C(F)(F)F)cc(C)c2c1N. The van der Waals surface area contributed by atoms with Gasteiger partial charge < -0.3 is 15.8 Å². The molecular weight excluding hydrogens is 379 g/mol. The topological polar surface area (TPSA) is 77.2 Å². The Morgan fingerprint density at radius 3 is 2.70 bits per heavy atom. The van der Waals surface area contributed by atoms with Crippen molar-refractivity contribution < 1.29 is 22.7 Å². The molecule has 0 bridgehead atoms. The zero-order valence-corrected chi connectivity index (χ0v) is 15.3. The first-order valence-electron chi connectivity index (χ1n) is 8.02. The smallest absolute Gasteiger partial charge is 0.433 e. The molecule has 0 radical (unpaired) electrons. The predicted molar refractivity (Wildman–Crippen MR) is 99.3 cm³/mol. The molecule has 0 spiro atoms. The van der Waals surface area contributed by atoms with Gasteiger partial charge in [0.2, 0.25) is 0 Å². The van der Waals surface area contributed by atoms with Crippen LogP contribution in [0.1, 0.15) is 27.9 Å². The number of aromatic nitrogens is 1. The van der Waals surface area contributed by atoms with Gasteiger partial charge in [-0.2, -0.15) is 13.2 Å². The minimum atomic E-state index is -4.57. The third kappa shape index (κ3) is 3.68. The van der Waals surface area contributed by atoms with E-state index in [1.165, 1.54) is 6.92 Å². The lowest BCUT2D eigenvalue weighted by molar-refractivity contribution is -0.141. The summed E-state index contributed by atoms with van der Waals surface area (Å²) in [6.45, 7) is 3.74. The second kappa shape index (κ2) is 7.07. The van der Waals surface area contributed by atoms with Crippen molar-refractivity contribution in [2.45, 2.75) is 20.0 Å². The number of nitrogen functional groups attached to an aromatic ring is 1. The summed E-state index contributed by atoms with van der Waals surface area (Å²) in [5.74, 6) is -0.0442. The molecular formula is C18H16F3N3O2S. The fourth-order valence-corrected chi connectivity index (χ4v) is 3.72. The maximum atomic E-state index is 13.0. The fourth-order valence-electron chi connectivity index (χ4n) is 2.65. The highest BCUT2D eigenvalue weighted by Crippen LogP contribution is 2.38. The van der Waals surface area contributed by atoms with Gasteiger partial charge in [-0.3, -0.25) is 4.79 Å². The van der Waals surface area contributed by atoms with Crippen molar-refractivity contribution in [2.24, 2.45) is 0 Å². The van der Waals surface area contributed by atoms with E-state index in [0.29, 0.717) is 29.0 Å². The third-order valence-corrected chi connectivity index (χ3v) is 4.93. The number of rotatable bonds is 4. The molecule has 27 heavy (non-hydrogen) atoms. The molecule has 0 fully saturated rings. The molecule has 142 valence electrons. The lowest BCUT2D eigenvalue weighted by Crippen LogP contribution is -2.13. The molecule has 2 heterocycles. The summed E-state index contributed by atoms with van der Waals surface area (Å²) in [6.07, 6.45) is -4.57. The van der Waals surface area contributed by atoms with Crippen molar-refractivity contribution in [3.63, 3.8) is 0 Å². The van der Waals surface area contributed by atoms with Crippen molar-refractivity contribution >= 4 is 38.8 Å². The van der Waals surface area contributed by atoms with Crippen LogP contribution in [-0.2, 0) is 6.18 Å². The lowest BCUT2D eigenvalue weighted by atomic mass is 10.1. The van der Waals surface area contributed by atoms with Gasteiger partial charge in [-0.15, -0.1) is 11.3 Å². The molecule has 0 aliphatic rings. The van der Waals surface area contributed by atoms with Crippen LogP contribution in [0, 0.1) is 6.92 Å². The summed E-state index contributed by atoms with van der Waals surface area (Å²) < 4.78 is 44.4. The summed E-state index contributed by atoms with van der Waals surface area (Å²) in [4.78, 5) is 16.5. The summed E-state index contributed by atoms with van der Waals surface area (Å²) in [6, 6.07) is 7.79. The van der Waals surface area contributed by atoms with Crippen molar-refractivity contribution in [2.75, 3.05) is 17.7 Å². The zero-order chi connectivity index (χ0) is 19.8. The highest BCUT2D eigenvalue weighted by Gasteiger charge is 2.34. The average molecular weight is 395 g/mol. The molecule has 2 aromatic heterocycles. The summed E-state index contributed by atoms with van der Waals surface area (Å²) in [7, 11) is 0. The minimum absolute atomic E-state index is 0.0723. The monoisotopic (exact) mass is 395 g/mol. The fraction of sp³-hybridized carbons (Fsp3) is 0.222. The van der Waals surface area contributed by atoms with Gasteiger partial charge in [0.15, 0.2) is 0 Å². The molecule has 0 unspecified atom stereocenters. The second-order valence-electron chi connectivity index (χ2n) is 5.73. The van der Waals surface area contributed by atoms with E-state index >= 15 is 0 Å². The van der Waals surface area contributed by atoms with Crippen LogP contribution in [0.4, 0.5) is 24.5 Å². The maximum Gasteiger partial charge on any atom is 0.433 e. The maximum absolute atomic E-state index is 13.0. The van der Waals surface area contributed by atoms with Gasteiger partial charge in [-0.05, 0) is 37.6 Å². The van der Waals surface area contributed by atoms with Gasteiger partial charge in [0, 0.05) is 5.39 Å². The number of nitrogens with one attached hydrogen (secondary N) is 1. The van der Waals surface area contributed by atoms with E-state index in [9.17, 15) is 18.0 Å². The summed E-state index contributed by atoms with van der Waals surface area (Å²) in [5.41, 5.74) is 5.91. The first kappa shape index (κ1) is 19.0. The van der Waals surface area contributed by atoms with Crippen molar-refractivity contribution in [1.82, 2.24) is 4.98 Å². The van der Waals surface area contributed by atoms with E-state index in [1.54, 1.807) is 24.3 Å². The number of benzene rings is 1. The number of hydrogen-bond acceptors (Lipinski definition) is 5. The van der Waals surface area contributed by atoms with E-state index < -0.39 is 17.8 Å². The summed E-state index contributed by atoms with van der Waals surface area (Å²) in [5, 5.41) is 3.05. The van der Waals surface area contributed by atoms with Crippen molar-refractivity contribution in [1.29, 1.82) is 0 Å². The molecule has 0 aliphatic heterocycles. The molecule has 0 aliphatic carbocycles. The number of ether oxygens (including phenoxy) is 1. The molecule has 3 aromatic rings. The van der Waals surface area contributed by atoms with Crippen LogP contribution in [0.15, 0.2) is 30.3 Å². The van der Waals surface area contributed by atoms with E-state index in [0.717, 1.165) is 17.4 Å². The lowest BCUT2D eigenvalue weighted by Gasteiger charge is -2.10. The Morgan fingerprint density at radius 1 is 1.33 bits per heavy atom. The number of anilines is 2. The largest absolute Gasteiger partial charge is 0.492 e. The Hall–Kier alpha value is -2.81. The standard InChI is InChI=1S/C18H16F3N3O2S/c1-3-26-11-7-5-4-6-10(11)23-16(25)15-14(22)13-9(2)8-12(18(19,20)21)24-17(13)27-15/h4-8H,3,22H2,1-2H3,(H,23,25). The summed E-state index contributed by atoms with van der Waals surface area (Å²) >= 11 is 0.826. The molecule has 0 saturated heterocycles. The Morgan fingerprint density at radius 2 is 2.04 bits per heavy atom. The number of para-hydroxylation sites is 2. The van der Waals surface area contributed by atoms with Crippen LogP contribution in [0.2, 0.25) is 0 Å². The predicted octanol–water partition coefficient (Wildman–Crippen LogP) is 4.86. The highest BCUT2D eigenvalue weighted by atomic mass is 32.1. The number of nitrogens with two attached hydrogens (primary N) is 1. The first-order valence-corrected chi connectivity index (χ1v) is 8.84. The third-order valence-electron chi connectivity index (χ3n) is 3.83. The van der Waals surface area contributed by atoms with Crippen LogP contribution < -0.4 is 15.8 Å². The Labute approximate surface area is 157 Å². The Balaban J connectivity index is 2.01. The Kier molecular flexibility index (Phi) is 4.97. The molecule has 3 N–H and O–H groups in total. The van der Waals surface area contributed by atoms with Crippen LogP contribution >= 0.6 is 11.3 Å². The quantitative estimate of drug-likeness (QED) is 0.662. The normalized spacial score (nSPS) is 11.6. The molecule has 1 aromatic carbocycles. The number of pyridine rings is 1. The van der Waals surface area contributed by atoms with Gasteiger partial charge in [0.05, 0.1) is 18.0 Å². The number of carbonyl (C=O) groups excluding carboxylic acids is 1. The van der Waals surface area contributed by atoms with E-state index in [2.05, 4.69) is 10.3 Å². The van der Waals surface area contributed by atoms with Crippen molar-refractivity contribution in [3.8, 4) is 5.75 Å². The molecule has 5 nitrogen and oxygen atoms in total. The first-order chi connectivity index (χ1) is 12.7. The number of halogens is 3. The van der Waals surface area contributed by atoms with E-state index in [1.807, 2.05) is 6.92 Å². The van der Waals surface area contributed by atoms with E-state index in [-0.39, 0.29) is 15.4 Å². The second-order valence-corrected chi connectivity index (χ2v) is 6.73. The average Bonchev–Trinajstić information content (AvgIpc) is 2.93. The van der Waals surface area contributed by atoms with Crippen LogP contribution in [-0.4, -0.2) is 17.5 Å². The zero-order valence-electron chi connectivity index (χ0n) is 14.5.